The average molecular weight is 401 g/mol. The van der Waals surface area contributed by atoms with Gasteiger partial charge in [-0.25, -0.2) is 14.4 Å². The molecule has 0 saturated carbocycles. The van der Waals surface area contributed by atoms with Crippen LogP contribution in [0.5, 0.6) is 0 Å². The van der Waals surface area contributed by atoms with Crippen LogP contribution in [0.2, 0.25) is 0 Å². The zero-order valence-corrected chi connectivity index (χ0v) is 16.3. The number of carbonyl (C=O) groups is 1. The average Bonchev–Trinajstić information content (AvgIpc) is 3.08. The minimum atomic E-state index is -0.290. The maximum absolute atomic E-state index is 13.3. The number of rotatable bonds is 5. The number of benzene rings is 1. The van der Waals surface area contributed by atoms with Crippen LogP contribution in [-0.4, -0.2) is 33.5 Å². The van der Waals surface area contributed by atoms with E-state index in [4.69, 9.17) is 0 Å². The van der Waals surface area contributed by atoms with Gasteiger partial charge >= 0.3 is 0 Å². The van der Waals surface area contributed by atoms with E-state index in [9.17, 15) is 9.18 Å². The van der Waals surface area contributed by atoms with Gasteiger partial charge in [0.25, 0.3) is 5.91 Å². The Labute approximate surface area is 173 Å². The van der Waals surface area contributed by atoms with Crippen molar-refractivity contribution < 1.29 is 9.18 Å². The molecule has 1 amide bonds. The molecule has 1 saturated heterocycles. The minimum Gasteiger partial charge on any atom is -0.356 e. The number of carbonyl (C=O) groups excluding carboxylic acids is 1. The second-order valence-electron chi connectivity index (χ2n) is 7.36. The fourth-order valence-electron chi connectivity index (χ4n) is 3.59. The Morgan fingerprint density at radius 3 is 2.60 bits per heavy atom. The van der Waals surface area contributed by atoms with Gasteiger partial charge in [-0.3, -0.25) is 4.79 Å². The number of aromatic nitrogens is 3. The van der Waals surface area contributed by atoms with Crippen LogP contribution in [0, 0.1) is 5.82 Å². The molecule has 0 unspecified atom stereocenters. The lowest BCUT2D eigenvalue weighted by molar-refractivity contribution is 0.101. The normalized spacial score (nSPS) is 13.3. The summed E-state index contributed by atoms with van der Waals surface area (Å²) in [5.74, 6) is 0.392. The number of nitrogens with one attached hydrogen (secondary N) is 1. The lowest BCUT2D eigenvalue weighted by Crippen LogP contribution is -2.37. The first-order chi connectivity index (χ1) is 14.7. The highest BCUT2D eigenvalue weighted by atomic mass is 19.1. The number of halogens is 1. The van der Waals surface area contributed by atoms with Gasteiger partial charge in [-0.05, 0) is 54.4 Å². The SMILES string of the molecule is O=C(Nc1ccc(N2CCC2)nc1)c1cc2cccnc2n1Cc1ccc(F)cc1. The van der Waals surface area contributed by atoms with Crippen molar-refractivity contribution in [2.45, 2.75) is 13.0 Å². The van der Waals surface area contributed by atoms with E-state index in [1.54, 1.807) is 24.5 Å². The van der Waals surface area contributed by atoms with Crippen LogP contribution < -0.4 is 10.2 Å². The van der Waals surface area contributed by atoms with E-state index in [-0.39, 0.29) is 11.7 Å². The molecule has 1 aliphatic heterocycles. The fraction of sp³-hybridized carbons (Fsp3) is 0.174. The highest BCUT2D eigenvalue weighted by Gasteiger charge is 2.18. The number of pyridine rings is 2. The number of hydrogen-bond donors (Lipinski definition) is 1. The van der Waals surface area contributed by atoms with Gasteiger partial charge in [0.2, 0.25) is 0 Å². The van der Waals surface area contributed by atoms with Gasteiger partial charge in [0.1, 0.15) is 23.0 Å². The van der Waals surface area contributed by atoms with Crippen molar-refractivity contribution >= 4 is 28.4 Å². The molecular formula is C23H20FN5O. The highest BCUT2D eigenvalue weighted by molar-refractivity contribution is 6.06. The molecule has 0 atom stereocenters. The Hall–Kier alpha value is -3.74. The maximum Gasteiger partial charge on any atom is 0.272 e. The second kappa shape index (κ2) is 7.59. The molecule has 1 aromatic carbocycles. The molecule has 1 aliphatic rings. The highest BCUT2D eigenvalue weighted by Crippen LogP contribution is 2.22. The summed E-state index contributed by atoms with van der Waals surface area (Å²) in [6.45, 7) is 2.46. The van der Waals surface area contributed by atoms with Gasteiger partial charge in [-0.1, -0.05) is 12.1 Å². The van der Waals surface area contributed by atoms with E-state index >= 15 is 0 Å². The zero-order chi connectivity index (χ0) is 20.5. The molecule has 150 valence electrons. The van der Waals surface area contributed by atoms with E-state index in [1.807, 2.05) is 34.9 Å². The molecular weight excluding hydrogens is 381 g/mol. The van der Waals surface area contributed by atoms with E-state index in [0.29, 0.717) is 23.6 Å². The quantitative estimate of drug-likeness (QED) is 0.547. The molecule has 0 aliphatic carbocycles. The van der Waals surface area contributed by atoms with Gasteiger partial charge < -0.3 is 14.8 Å². The van der Waals surface area contributed by atoms with Gasteiger partial charge in [0.15, 0.2) is 0 Å². The number of anilines is 2. The van der Waals surface area contributed by atoms with E-state index in [0.717, 1.165) is 29.9 Å². The number of hydrogen-bond acceptors (Lipinski definition) is 4. The third-order valence-corrected chi connectivity index (χ3v) is 5.33. The summed E-state index contributed by atoms with van der Waals surface area (Å²) in [6.07, 6.45) is 4.56. The monoisotopic (exact) mass is 401 g/mol. The van der Waals surface area contributed by atoms with Gasteiger partial charge in [0.05, 0.1) is 11.9 Å². The second-order valence-corrected chi connectivity index (χ2v) is 7.36. The molecule has 0 spiro atoms. The first kappa shape index (κ1) is 18.3. The first-order valence-electron chi connectivity index (χ1n) is 9.88. The summed E-state index contributed by atoms with van der Waals surface area (Å²) in [5, 5.41) is 3.80. The number of amides is 1. The predicted octanol–water partition coefficient (Wildman–Crippen LogP) is 4.08. The van der Waals surface area contributed by atoms with Crippen molar-refractivity contribution in [2.24, 2.45) is 0 Å². The van der Waals surface area contributed by atoms with Crippen LogP contribution in [0.3, 0.4) is 0 Å². The van der Waals surface area contributed by atoms with Crippen molar-refractivity contribution in [2.75, 3.05) is 23.3 Å². The first-order valence-corrected chi connectivity index (χ1v) is 9.88. The molecule has 1 N–H and O–H groups in total. The molecule has 6 nitrogen and oxygen atoms in total. The van der Waals surface area contributed by atoms with Crippen molar-refractivity contribution in [3.05, 3.63) is 84.1 Å². The molecule has 0 bridgehead atoms. The molecule has 1 fully saturated rings. The summed E-state index contributed by atoms with van der Waals surface area (Å²) in [6, 6.07) is 15.6. The largest absolute Gasteiger partial charge is 0.356 e. The molecule has 4 aromatic rings. The van der Waals surface area contributed by atoms with Crippen molar-refractivity contribution in [3.8, 4) is 0 Å². The Morgan fingerprint density at radius 1 is 1.07 bits per heavy atom. The van der Waals surface area contributed by atoms with E-state index in [2.05, 4.69) is 20.2 Å². The Bertz CT molecular complexity index is 1200. The van der Waals surface area contributed by atoms with Crippen molar-refractivity contribution in [1.82, 2.24) is 14.5 Å². The molecule has 5 rings (SSSR count). The third kappa shape index (κ3) is 3.50. The smallest absolute Gasteiger partial charge is 0.272 e. The van der Waals surface area contributed by atoms with E-state index < -0.39 is 0 Å². The van der Waals surface area contributed by atoms with Crippen LogP contribution in [0.1, 0.15) is 22.5 Å². The Balaban J connectivity index is 1.43. The number of fused-ring (bicyclic) bond motifs is 1. The van der Waals surface area contributed by atoms with Gasteiger partial charge in [-0.15, -0.1) is 0 Å². The molecule has 7 heteroatoms. The van der Waals surface area contributed by atoms with Crippen LogP contribution >= 0.6 is 0 Å². The minimum absolute atomic E-state index is 0.242. The van der Waals surface area contributed by atoms with Crippen molar-refractivity contribution in [1.29, 1.82) is 0 Å². The van der Waals surface area contributed by atoms with Crippen LogP contribution in [0.4, 0.5) is 15.9 Å². The van der Waals surface area contributed by atoms with Crippen LogP contribution in [0.15, 0.2) is 67.0 Å². The van der Waals surface area contributed by atoms with Gasteiger partial charge in [0, 0.05) is 31.2 Å². The zero-order valence-electron chi connectivity index (χ0n) is 16.3. The molecule has 3 aromatic heterocycles. The molecule has 0 radical (unpaired) electrons. The predicted molar refractivity (Wildman–Crippen MR) is 114 cm³/mol. The summed E-state index contributed by atoms with van der Waals surface area (Å²) in [5.41, 5.74) is 2.71. The van der Waals surface area contributed by atoms with Crippen LogP contribution in [0.25, 0.3) is 11.0 Å². The lowest BCUT2D eigenvalue weighted by atomic mass is 10.2. The Kier molecular flexibility index (Phi) is 4.63. The maximum atomic E-state index is 13.3. The number of nitrogens with zero attached hydrogens (tertiary/aromatic N) is 4. The standard InChI is InChI=1S/C23H20FN5O/c24-18-6-4-16(5-7-18)15-29-20(13-17-3-1-10-25-22(17)29)23(30)27-19-8-9-21(26-14-19)28-11-2-12-28/h1,3-10,13-14H,2,11-12,15H2,(H,27,30). The van der Waals surface area contributed by atoms with Gasteiger partial charge in [-0.2, -0.15) is 0 Å². The third-order valence-electron chi connectivity index (χ3n) is 5.33. The summed E-state index contributed by atoms with van der Waals surface area (Å²) < 4.78 is 15.1. The van der Waals surface area contributed by atoms with E-state index in [1.165, 1.54) is 18.6 Å². The summed E-state index contributed by atoms with van der Waals surface area (Å²) in [7, 11) is 0. The fourth-order valence-corrected chi connectivity index (χ4v) is 3.59. The topological polar surface area (TPSA) is 63.1 Å². The Morgan fingerprint density at radius 2 is 1.90 bits per heavy atom. The van der Waals surface area contributed by atoms with Crippen molar-refractivity contribution in [3.63, 3.8) is 0 Å². The summed E-state index contributed by atoms with van der Waals surface area (Å²) in [4.78, 5) is 24.2. The van der Waals surface area contributed by atoms with Crippen LogP contribution in [-0.2, 0) is 6.54 Å². The molecule has 4 heterocycles. The molecule has 30 heavy (non-hydrogen) atoms. The lowest BCUT2D eigenvalue weighted by Gasteiger charge is -2.31. The summed E-state index contributed by atoms with van der Waals surface area (Å²) >= 11 is 0.